The van der Waals surface area contributed by atoms with Gasteiger partial charge in [-0.2, -0.15) is 0 Å². The number of nitrogens with zero attached hydrogens (tertiary/aromatic N) is 2. The normalized spacial score (nSPS) is 22.9. The third-order valence-corrected chi connectivity index (χ3v) is 4.96. The van der Waals surface area contributed by atoms with Crippen LogP contribution in [0.4, 0.5) is 0 Å². The highest BCUT2D eigenvalue weighted by atomic mass is 16.5. The van der Waals surface area contributed by atoms with E-state index in [-0.39, 0.29) is 12.0 Å². The molecule has 1 atom stereocenters. The monoisotopic (exact) mass is 328 g/mol. The van der Waals surface area contributed by atoms with Crippen LogP contribution in [0.15, 0.2) is 24.3 Å². The summed E-state index contributed by atoms with van der Waals surface area (Å²) in [5.74, 6) is 0.976. The summed E-state index contributed by atoms with van der Waals surface area (Å²) >= 11 is 0. The number of aromatic nitrogens is 2. The number of fused-ring (bicyclic) bond motifs is 1. The Morgan fingerprint density at radius 3 is 3.00 bits per heavy atom. The van der Waals surface area contributed by atoms with Crippen molar-refractivity contribution in [3.63, 3.8) is 0 Å². The maximum absolute atomic E-state index is 12.4. The van der Waals surface area contributed by atoms with E-state index in [0.29, 0.717) is 25.7 Å². The van der Waals surface area contributed by atoms with Gasteiger partial charge >= 0.3 is 0 Å². The van der Waals surface area contributed by atoms with E-state index in [2.05, 4.69) is 20.2 Å². The fourth-order valence-corrected chi connectivity index (χ4v) is 3.66. The van der Waals surface area contributed by atoms with Crippen LogP contribution in [0.5, 0.6) is 0 Å². The molecule has 128 valence electrons. The van der Waals surface area contributed by atoms with Crippen LogP contribution in [-0.2, 0) is 16.1 Å². The standard InChI is InChI=1S/C18H24N4O2/c23-18(19-13-5-1-2-6-13)16-11-22(9-10-24-16)12-17-20-14-7-3-4-8-15(14)21-17/h3-4,7-8,13,16H,1-2,5-6,9-12H2,(H,19,23)(H,20,21)/t16-/m1/s1. The largest absolute Gasteiger partial charge is 0.366 e. The van der Waals surface area contributed by atoms with Crippen molar-refractivity contribution in [1.82, 2.24) is 20.2 Å². The molecule has 1 aromatic carbocycles. The topological polar surface area (TPSA) is 70.2 Å². The first kappa shape index (κ1) is 15.6. The minimum Gasteiger partial charge on any atom is -0.366 e. The van der Waals surface area contributed by atoms with Crippen LogP contribution in [0, 0.1) is 0 Å². The lowest BCUT2D eigenvalue weighted by Gasteiger charge is -2.32. The van der Waals surface area contributed by atoms with E-state index in [1.807, 2.05) is 24.3 Å². The summed E-state index contributed by atoms with van der Waals surface area (Å²) in [5, 5.41) is 3.14. The van der Waals surface area contributed by atoms with E-state index in [1.54, 1.807) is 0 Å². The minimum atomic E-state index is -0.372. The first-order valence-electron chi connectivity index (χ1n) is 8.86. The molecule has 2 fully saturated rings. The predicted molar refractivity (Wildman–Crippen MR) is 91.5 cm³/mol. The van der Waals surface area contributed by atoms with E-state index < -0.39 is 0 Å². The zero-order valence-corrected chi connectivity index (χ0v) is 13.8. The summed E-state index contributed by atoms with van der Waals surface area (Å²) in [6.07, 6.45) is 4.26. The van der Waals surface area contributed by atoms with Gasteiger partial charge in [-0.05, 0) is 25.0 Å². The summed E-state index contributed by atoms with van der Waals surface area (Å²) in [6.45, 7) is 2.74. The first-order valence-corrected chi connectivity index (χ1v) is 8.86. The van der Waals surface area contributed by atoms with Crippen molar-refractivity contribution in [2.24, 2.45) is 0 Å². The summed E-state index contributed by atoms with van der Waals surface area (Å²) in [6, 6.07) is 8.37. The van der Waals surface area contributed by atoms with E-state index in [4.69, 9.17) is 4.74 Å². The fraction of sp³-hybridized carbons (Fsp3) is 0.556. The lowest BCUT2D eigenvalue weighted by Crippen LogP contribution is -2.51. The molecule has 6 nitrogen and oxygen atoms in total. The quantitative estimate of drug-likeness (QED) is 0.898. The highest BCUT2D eigenvalue weighted by Gasteiger charge is 2.29. The molecule has 6 heteroatoms. The van der Waals surface area contributed by atoms with Crippen molar-refractivity contribution in [1.29, 1.82) is 0 Å². The van der Waals surface area contributed by atoms with E-state index in [1.165, 1.54) is 12.8 Å². The molecule has 1 aromatic heterocycles. The number of benzene rings is 1. The predicted octanol–water partition coefficient (Wildman–Crippen LogP) is 1.82. The smallest absolute Gasteiger partial charge is 0.250 e. The molecule has 1 aliphatic heterocycles. The van der Waals surface area contributed by atoms with Gasteiger partial charge in [-0.25, -0.2) is 4.98 Å². The highest BCUT2D eigenvalue weighted by molar-refractivity contribution is 5.81. The SMILES string of the molecule is O=C(NC1CCCC1)[C@H]1CN(Cc2nc3ccccc3[nH]2)CCO1. The molecule has 4 rings (SSSR count). The number of carbonyl (C=O) groups excluding carboxylic acids is 1. The van der Waals surface area contributed by atoms with Gasteiger partial charge in [-0.15, -0.1) is 0 Å². The highest BCUT2D eigenvalue weighted by Crippen LogP contribution is 2.18. The van der Waals surface area contributed by atoms with Crippen LogP contribution < -0.4 is 5.32 Å². The van der Waals surface area contributed by atoms with Gasteiger partial charge in [0.1, 0.15) is 11.9 Å². The van der Waals surface area contributed by atoms with Gasteiger partial charge in [0, 0.05) is 19.1 Å². The number of aromatic amines is 1. The molecule has 1 saturated heterocycles. The Morgan fingerprint density at radius 2 is 2.17 bits per heavy atom. The van der Waals surface area contributed by atoms with Gasteiger partial charge in [-0.1, -0.05) is 25.0 Å². The number of rotatable bonds is 4. The Hall–Kier alpha value is -1.92. The van der Waals surface area contributed by atoms with Gasteiger partial charge in [0.05, 0.1) is 24.2 Å². The molecule has 24 heavy (non-hydrogen) atoms. The van der Waals surface area contributed by atoms with Gasteiger partial charge < -0.3 is 15.0 Å². The number of morpholine rings is 1. The van der Waals surface area contributed by atoms with Crippen LogP contribution in [0.1, 0.15) is 31.5 Å². The molecule has 1 amide bonds. The molecule has 2 aliphatic rings. The molecule has 2 heterocycles. The summed E-state index contributed by atoms with van der Waals surface area (Å²) < 4.78 is 5.69. The number of carbonyl (C=O) groups is 1. The zero-order chi connectivity index (χ0) is 16.4. The Kier molecular flexibility index (Phi) is 4.49. The molecule has 1 saturated carbocycles. The van der Waals surface area contributed by atoms with Crippen LogP contribution in [0.25, 0.3) is 11.0 Å². The van der Waals surface area contributed by atoms with Crippen molar-refractivity contribution < 1.29 is 9.53 Å². The van der Waals surface area contributed by atoms with Crippen molar-refractivity contribution in [2.75, 3.05) is 19.7 Å². The van der Waals surface area contributed by atoms with Crippen molar-refractivity contribution in [3.05, 3.63) is 30.1 Å². The number of imidazole rings is 1. The Bertz CT molecular complexity index is 675. The molecule has 1 aliphatic carbocycles. The third kappa shape index (κ3) is 3.44. The number of hydrogen-bond donors (Lipinski definition) is 2. The number of H-pyrrole nitrogens is 1. The lowest BCUT2D eigenvalue weighted by molar-refractivity contribution is -0.139. The van der Waals surface area contributed by atoms with Crippen molar-refractivity contribution in [3.8, 4) is 0 Å². The Balaban J connectivity index is 1.36. The number of ether oxygens (including phenoxy) is 1. The van der Waals surface area contributed by atoms with E-state index >= 15 is 0 Å². The van der Waals surface area contributed by atoms with Crippen molar-refractivity contribution >= 4 is 16.9 Å². The van der Waals surface area contributed by atoms with E-state index in [0.717, 1.165) is 36.2 Å². The number of amides is 1. The molecule has 2 aromatic rings. The summed E-state index contributed by atoms with van der Waals surface area (Å²) in [7, 11) is 0. The van der Waals surface area contributed by atoms with Crippen LogP contribution in [-0.4, -0.2) is 52.6 Å². The second-order valence-corrected chi connectivity index (χ2v) is 6.79. The average Bonchev–Trinajstić information content (AvgIpc) is 3.23. The average molecular weight is 328 g/mol. The maximum Gasteiger partial charge on any atom is 0.250 e. The Labute approximate surface area is 141 Å². The van der Waals surface area contributed by atoms with Crippen LogP contribution in [0.3, 0.4) is 0 Å². The second-order valence-electron chi connectivity index (χ2n) is 6.79. The van der Waals surface area contributed by atoms with Crippen LogP contribution in [0.2, 0.25) is 0 Å². The fourth-order valence-electron chi connectivity index (χ4n) is 3.66. The lowest BCUT2D eigenvalue weighted by atomic mass is 10.2. The summed E-state index contributed by atoms with van der Waals surface area (Å²) in [5.41, 5.74) is 2.03. The van der Waals surface area contributed by atoms with Crippen molar-refractivity contribution in [2.45, 2.75) is 44.4 Å². The van der Waals surface area contributed by atoms with Gasteiger partial charge in [0.2, 0.25) is 0 Å². The minimum absolute atomic E-state index is 0.0382. The molecular formula is C18H24N4O2. The Morgan fingerprint density at radius 1 is 1.33 bits per heavy atom. The number of para-hydroxylation sites is 2. The molecule has 0 radical (unpaired) electrons. The van der Waals surface area contributed by atoms with E-state index in [9.17, 15) is 4.79 Å². The number of hydrogen-bond acceptors (Lipinski definition) is 4. The number of nitrogens with one attached hydrogen (secondary N) is 2. The third-order valence-electron chi connectivity index (χ3n) is 4.96. The zero-order valence-electron chi connectivity index (χ0n) is 13.8. The maximum atomic E-state index is 12.4. The van der Waals surface area contributed by atoms with Gasteiger partial charge in [0.25, 0.3) is 5.91 Å². The molecule has 0 bridgehead atoms. The molecule has 0 spiro atoms. The van der Waals surface area contributed by atoms with Gasteiger partial charge in [0.15, 0.2) is 0 Å². The second kappa shape index (κ2) is 6.91. The van der Waals surface area contributed by atoms with Gasteiger partial charge in [-0.3, -0.25) is 9.69 Å². The molecule has 2 N–H and O–H groups in total. The summed E-state index contributed by atoms with van der Waals surface area (Å²) in [4.78, 5) is 22.6. The van der Waals surface area contributed by atoms with Crippen LogP contribution >= 0.6 is 0 Å². The first-order chi connectivity index (χ1) is 11.8. The molecule has 0 unspecified atom stereocenters. The molecular weight excluding hydrogens is 304 g/mol.